The van der Waals surface area contributed by atoms with Crippen LogP contribution in [0, 0.1) is 16.7 Å². The molecule has 6 nitrogen and oxygen atoms in total. The fraction of sp³-hybridized carbons (Fsp3) is 0.562. The summed E-state index contributed by atoms with van der Waals surface area (Å²) in [6, 6.07) is 2.47. The zero-order valence-corrected chi connectivity index (χ0v) is 13.1. The summed E-state index contributed by atoms with van der Waals surface area (Å²) in [6.07, 6.45) is 7.52. The van der Waals surface area contributed by atoms with Gasteiger partial charge in [0.15, 0.2) is 0 Å². The van der Waals surface area contributed by atoms with Crippen molar-refractivity contribution in [2.24, 2.45) is 5.41 Å². The van der Waals surface area contributed by atoms with Crippen LogP contribution in [0.2, 0.25) is 0 Å². The highest BCUT2D eigenvalue weighted by atomic mass is 16.5. The Morgan fingerprint density at radius 3 is 2.86 bits per heavy atom. The van der Waals surface area contributed by atoms with E-state index < -0.39 is 5.41 Å². The lowest BCUT2D eigenvalue weighted by Crippen LogP contribution is -2.38. The highest BCUT2D eigenvalue weighted by molar-refractivity contribution is 5.69. The van der Waals surface area contributed by atoms with E-state index in [4.69, 9.17) is 4.74 Å². The Labute approximate surface area is 130 Å². The van der Waals surface area contributed by atoms with E-state index in [0.29, 0.717) is 13.2 Å². The quantitative estimate of drug-likeness (QED) is 0.856. The first-order valence-electron chi connectivity index (χ1n) is 7.73. The van der Waals surface area contributed by atoms with Gasteiger partial charge in [-0.3, -0.25) is 4.57 Å². The van der Waals surface area contributed by atoms with Crippen LogP contribution in [0.3, 0.4) is 0 Å². The molecule has 3 rings (SSSR count). The molecule has 1 aromatic heterocycles. The van der Waals surface area contributed by atoms with Gasteiger partial charge < -0.3 is 9.64 Å². The number of anilines is 1. The molecule has 1 unspecified atom stereocenters. The molecular formula is C16H21N5O. The molecule has 0 radical (unpaired) electrons. The van der Waals surface area contributed by atoms with Gasteiger partial charge in [-0.15, -0.1) is 10.2 Å². The number of hydrogen-bond donors (Lipinski definition) is 0. The second-order valence-electron chi connectivity index (χ2n) is 5.84. The van der Waals surface area contributed by atoms with Crippen LogP contribution in [0.25, 0.3) is 5.70 Å². The molecule has 0 spiro atoms. The Hall–Kier alpha value is -2.13. The molecule has 1 aliphatic carbocycles. The average Bonchev–Trinajstić information content (AvgIpc) is 3.06. The van der Waals surface area contributed by atoms with Crippen molar-refractivity contribution in [2.45, 2.75) is 26.7 Å². The second-order valence-corrected chi connectivity index (χ2v) is 5.84. The Kier molecular flexibility index (Phi) is 3.99. The zero-order chi connectivity index (χ0) is 15.6. The van der Waals surface area contributed by atoms with Gasteiger partial charge in [-0.2, -0.15) is 5.26 Å². The van der Waals surface area contributed by atoms with Crippen LogP contribution in [-0.4, -0.2) is 41.1 Å². The smallest absolute Gasteiger partial charge is 0.231 e. The third kappa shape index (κ3) is 2.53. The van der Waals surface area contributed by atoms with Gasteiger partial charge in [0.25, 0.3) is 0 Å². The fourth-order valence-corrected chi connectivity index (χ4v) is 2.91. The summed E-state index contributed by atoms with van der Waals surface area (Å²) < 4.78 is 7.40. The Morgan fingerprint density at radius 2 is 2.18 bits per heavy atom. The van der Waals surface area contributed by atoms with Crippen molar-refractivity contribution in [3.05, 3.63) is 24.1 Å². The second kappa shape index (κ2) is 5.93. The van der Waals surface area contributed by atoms with Gasteiger partial charge in [0.05, 0.1) is 30.4 Å². The molecule has 116 valence electrons. The van der Waals surface area contributed by atoms with Crippen LogP contribution < -0.4 is 4.90 Å². The Morgan fingerprint density at radius 1 is 1.41 bits per heavy atom. The van der Waals surface area contributed by atoms with Gasteiger partial charge in [-0.05, 0) is 31.4 Å². The molecule has 2 heterocycles. The molecule has 0 N–H and O–H groups in total. The number of nitrogens with zero attached hydrogens (tertiary/aromatic N) is 5. The molecule has 0 amide bonds. The first-order valence-corrected chi connectivity index (χ1v) is 7.73. The zero-order valence-electron chi connectivity index (χ0n) is 13.1. The molecule has 0 aromatic carbocycles. The topological polar surface area (TPSA) is 67.0 Å². The minimum absolute atomic E-state index is 0.429. The number of morpholine rings is 1. The molecule has 2 aliphatic rings. The molecular weight excluding hydrogens is 278 g/mol. The van der Waals surface area contributed by atoms with E-state index in [1.807, 2.05) is 4.57 Å². The van der Waals surface area contributed by atoms with Crippen LogP contribution in [0.4, 0.5) is 5.95 Å². The molecule has 0 bridgehead atoms. The summed E-state index contributed by atoms with van der Waals surface area (Å²) in [7, 11) is 0. The normalized spacial score (nSPS) is 25.4. The van der Waals surface area contributed by atoms with Crippen LogP contribution in [0.15, 0.2) is 24.1 Å². The predicted octanol–water partition coefficient (Wildman–Crippen LogP) is 2.23. The standard InChI is InChI=1S/C16H21N5O/c1-3-16(11-17)5-4-13(2)14(10-16)21-12-18-19-15(21)20-6-8-22-9-7-20/h4,10,12H,3,5-9H2,1-2H3. The van der Waals surface area contributed by atoms with E-state index in [9.17, 15) is 5.26 Å². The highest BCUT2D eigenvalue weighted by Crippen LogP contribution is 2.38. The first kappa shape index (κ1) is 14.8. The third-order valence-corrected chi connectivity index (χ3v) is 4.53. The van der Waals surface area contributed by atoms with Crippen molar-refractivity contribution < 1.29 is 4.74 Å². The summed E-state index contributed by atoms with van der Waals surface area (Å²) in [5.41, 5.74) is 1.75. The number of rotatable bonds is 3. The molecule has 1 fully saturated rings. The van der Waals surface area contributed by atoms with Gasteiger partial charge >= 0.3 is 0 Å². The van der Waals surface area contributed by atoms with Crippen molar-refractivity contribution in [3.63, 3.8) is 0 Å². The monoisotopic (exact) mass is 299 g/mol. The fourth-order valence-electron chi connectivity index (χ4n) is 2.91. The minimum Gasteiger partial charge on any atom is -0.378 e. The maximum Gasteiger partial charge on any atom is 0.231 e. The van der Waals surface area contributed by atoms with Crippen molar-refractivity contribution in [1.29, 1.82) is 5.26 Å². The Balaban J connectivity index is 2.00. The summed E-state index contributed by atoms with van der Waals surface area (Å²) in [5, 5.41) is 17.9. The minimum atomic E-state index is -0.429. The molecule has 1 aliphatic heterocycles. The molecule has 6 heteroatoms. The molecule has 1 saturated heterocycles. The van der Waals surface area contributed by atoms with Gasteiger partial charge in [-0.1, -0.05) is 13.0 Å². The van der Waals surface area contributed by atoms with Crippen LogP contribution in [-0.2, 0) is 4.74 Å². The maximum atomic E-state index is 9.57. The van der Waals surface area contributed by atoms with Crippen LogP contribution in [0.1, 0.15) is 26.7 Å². The van der Waals surface area contributed by atoms with Crippen LogP contribution >= 0.6 is 0 Å². The van der Waals surface area contributed by atoms with E-state index in [1.165, 1.54) is 0 Å². The maximum absolute atomic E-state index is 9.57. The highest BCUT2D eigenvalue weighted by Gasteiger charge is 2.30. The van der Waals surface area contributed by atoms with Gasteiger partial charge in [0.1, 0.15) is 6.33 Å². The number of hydrogen-bond acceptors (Lipinski definition) is 5. The van der Waals surface area contributed by atoms with Crippen LogP contribution in [0.5, 0.6) is 0 Å². The summed E-state index contributed by atoms with van der Waals surface area (Å²) >= 11 is 0. The number of nitriles is 1. The van der Waals surface area contributed by atoms with Crippen molar-refractivity contribution >= 4 is 11.6 Å². The van der Waals surface area contributed by atoms with E-state index in [2.05, 4.69) is 47.2 Å². The molecule has 1 aromatic rings. The van der Waals surface area contributed by atoms with Gasteiger partial charge in [-0.25, -0.2) is 0 Å². The van der Waals surface area contributed by atoms with E-state index in [1.54, 1.807) is 6.33 Å². The summed E-state index contributed by atoms with van der Waals surface area (Å²) in [5.74, 6) is 0.826. The average molecular weight is 299 g/mol. The number of aromatic nitrogens is 3. The lowest BCUT2D eigenvalue weighted by Gasteiger charge is -2.30. The first-order chi connectivity index (χ1) is 10.7. The van der Waals surface area contributed by atoms with Crippen molar-refractivity contribution in [2.75, 3.05) is 31.2 Å². The van der Waals surface area contributed by atoms with Crippen molar-refractivity contribution in [1.82, 2.24) is 14.8 Å². The largest absolute Gasteiger partial charge is 0.378 e. The van der Waals surface area contributed by atoms with Gasteiger partial charge in [0.2, 0.25) is 5.95 Å². The lowest BCUT2D eigenvalue weighted by molar-refractivity contribution is 0.122. The summed E-state index contributed by atoms with van der Waals surface area (Å²) in [4.78, 5) is 2.18. The Bertz CT molecular complexity index is 648. The predicted molar refractivity (Wildman–Crippen MR) is 84.0 cm³/mol. The SMILES string of the molecule is CCC1(C#N)C=C(n2cnnc2N2CCOCC2)C(C)=CC1. The summed E-state index contributed by atoms with van der Waals surface area (Å²) in [6.45, 7) is 7.17. The van der Waals surface area contributed by atoms with Gasteiger partial charge in [0, 0.05) is 13.1 Å². The number of ether oxygens (including phenoxy) is 1. The lowest BCUT2D eigenvalue weighted by atomic mass is 9.78. The van der Waals surface area contributed by atoms with Crippen molar-refractivity contribution in [3.8, 4) is 6.07 Å². The molecule has 22 heavy (non-hydrogen) atoms. The molecule has 1 atom stereocenters. The van der Waals surface area contributed by atoms with E-state index >= 15 is 0 Å². The van der Waals surface area contributed by atoms with E-state index in [-0.39, 0.29) is 0 Å². The molecule has 0 saturated carbocycles. The third-order valence-electron chi connectivity index (χ3n) is 4.53. The number of allylic oxidation sites excluding steroid dienone is 4. The van der Waals surface area contributed by atoms with E-state index in [0.717, 1.165) is 43.1 Å².